The van der Waals surface area contributed by atoms with Crippen LogP contribution in [0, 0.1) is 0 Å². The van der Waals surface area contributed by atoms with Gasteiger partial charge in [-0.15, -0.1) is 10.2 Å². The van der Waals surface area contributed by atoms with E-state index in [1.165, 1.54) is 22.0 Å². The standard InChI is InChI=1S/C14H17N5/c1-18(2)8-12-6-15-14-4-3-11(5-13(12)14)7-19-9-16-17-10-19/h3-6,9-10,15H,7-8H2,1-2H3. The molecule has 0 spiro atoms. The Hall–Kier alpha value is -2.14. The highest BCUT2D eigenvalue weighted by molar-refractivity contribution is 5.83. The topological polar surface area (TPSA) is 49.7 Å². The highest BCUT2D eigenvalue weighted by Gasteiger charge is 2.06. The van der Waals surface area contributed by atoms with E-state index in [9.17, 15) is 0 Å². The van der Waals surface area contributed by atoms with Crippen molar-refractivity contribution >= 4 is 10.9 Å². The van der Waals surface area contributed by atoms with E-state index in [0.717, 1.165) is 13.1 Å². The molecular weight excluding hydrogens is 238 g/mol. The summed E-state index contributed by atoms with van der Waals surface area (Å²) in [5, 5.41) is 8.95. The van der Waals surface area contributed by atoms with Crippen LogP contribution < -0.4 is 0 Å². The number of rotatable bonds is 4. The molecule has 0 saturated heterocycles. The van der Waals surface area contributed by atoms with Gasteiger partial charge in [-0.1, -0.05) is 6.07 Å². The summed E-state index contributed by atoms with van der Waals surface area (Å²) in [6.07, 6.45) is 5.57. The lowest BCUT2D eigenvalue weighted by Gasteiger charge is -2.08. The summed E-state index contributed by atoms with van der Waals surface area (Å²) < 4.78 is 1.97. The Balaban J connectivity index is 1.94. The van der Waals surface area contributed by atoms with Gasteiger partial charge in [0.15, 0.2) is 0 Å². The van der Waals surface area contributed by atoms with E-state index >= 15 is 0 Å². The quantitative estimate of drug-likeness (QED) is 0.774. The van der Waals surface area contributed by atoms with Crippen molar-refractivity contribution in [2.45, 2.75) is 13.1 Å². The fraction of sp³-hybridized carbons (Fsp3) is 0.286. The molecule has 3 aromatic rings. The van der Waals surface area contributed by atoms with E-state index in [-0.39, 0.29) is 0 Å². The molecule has 5 nitrogen and oxygen atoms in total. The van der Waals surface area contributed by atoms with Crippen molar-refractivity contribution in [1.82, 2.24) is 24.6 Å². The van der Waals surface area contributed by atoms with Crippen LogP contribution in [0.4, 0.5) is 0 Å². The number of nitrogens with one attached hydrogen (secondary N) is 1. The van der Waals surface area contributed by atoms with Gasteiger partial charge < -0.3 is 14.5 Å². The van der Waals surface area contributed by atoms with Crippen molar-refractivity contribution in [3.8, 4) is 0 Å². The summed E-state index contributed by atoms with van der Waals surface area (Å²) in [5.74, 6) is 0. The van der Waals surface area contributed by atoms with E-state index in [1.54, 1.807) is 12.7 Å². The summed E-state index contributed by atoms with van der Waals surface area (Å²) in [6, 6.07) is 6.51. The lowest BCUT2D eigenvalue weighted by atomic mass is 10.1. The molecule has 0 atom stereocenters. The number of hydrogen-bond donors (Lipinski definition) is 1. The van der Waals surface area contributed by atoms with Gasteiger partial charge in [0.2, 0.25) is 0 Å². The molecule has 0 aliphatic heterocycles. The van der Waals surface area contributed by atoms with Crippen LogP contribution in [0.2, 0.25) is 0 Å². The third kappa shape index (κ3) is 2.51. The zero-order valence-corrected chi connectivity index (χ0v) is 11.2. The smallest absolute Gasteiger partial charge is 0.119 e. The third-order valence-electron chi connectivity index (χ3n) is 3.15. The molecule has 1 N–H and O–H groups in total. The molecule has 0 unspecified atom stereocenters. The number of nitrogens with zero attached hydrogens (tertiary/aromatic N) is 4. The van der Waals surface area contributed by atoms with Crippen molar-refractivity contribution in [2.24, 2.45) is 0 Å². The monoisotopic (exact) mass is 255 g/mol. The van der Waals surface area contributed by atoms with Crippen LogP contribution in [0.5, 0.6) is 0 Å². The Labute approximate surface area is 111 Å². The molecule has 0 amide bonds. The Morgan fingerprint density at radius 3 is 2.74 bits per heavy atom. The number of H-pyrrole nitrogens is 1. The largest absolute Gasteiger partial charge is 0.361 e. The second-order valence-electron chi connectivity index (χ2n) is 5.07. The van der Waals surface area contributed by atoms with Gasteiger partial charge in [0.25, 0.3) is 0 Å². The maximum Gasteiger partial charge on any atom is 0.119 e. The van der Waals surface area contributed by atoms with Crippen LogP contribution in [0.3, 0.4) is 0 Å². The van der Waals surface area contributed by atoms with Crippen molar-refractivity contribution in [1.29, 1.82) is 0 Å². The molecule has 3 rings (SSSR count). The highest BCUT2D eigenvalue weighted by Crippen LogP contribution is 2.21. The Morgan fingerprint density at radius 1 is 1.21 bits per heavy atom. The normalized spacial score (nSPS) is 11.5. The summed E-state index contributed by atoms with van der Waals surface area (Å²) in [6.45, 7) is 1.74. The minimum Gasteiger partial charge on any atom is -0.361 e. The van der Waals surface area contributed by atoms with Crippen molar-refractivity contribution in [2.75, 3.05) is 14.1 Å². The molecule has 0 saturated carbocycles. The van der Waals surface area contributed by atoms with E-state index in [0.29, 0.717) is 0 Å². The minimum atomic E-state index is 0.801. The van der Waals surface area contributed by atoms with Crippen LogP contribution in [-0.2, 0) is 13.1 Å². The molecule has 0 aliphatic carbocycles. The Bertz CT molecular complexity index is 666. The van der Waals surface area contributed by atoms with Crippen LogP contribution in [0.15, 0.2) is 37.1 Å². The molecule has 0 fully saturated rings. The molecule has 0 aliphatic rings. The highest BCUT2D eigenvalue weighted by atomic mass is 15.2. The average molecular weight is 255 g/mol. The van der Waals surface area contributed by atoms with Crippen molar-refractivity contribution < 1.29 is 0 Å². The van der Waals surface area contributed by atoms with Crippen LogP contribution in [0.1, 0.15) is 11.1 Å². The summed E-state index contributed by atoms with van der Waals surface area (Å²) in [7, 11) is 4.17. The first kappa shape index (κ1) is 11.9. The molecule has 5 heteroatoms. The van der Waals surface area contributed by atoms with Gasteiger partial charge in [-0.25, -0.2) is 0 Å². The molecule has 19 heavy (non-hydrogen) atoms. The number of aromatic nitrogens is 4. The zero-order valence-electron chi connectivity index (χ0n) is 11.2. The summed E-state index contributed by atoms with van der Waals surface area (Å²) >= 11 is 0. The van der Waals surface area contributed by atoms with Gasteiger partial charge in [-0.05, 0) is 37.4 Å². The predicted octanol–water partition coefficient (Wildman–Crippen LogP) is 1.87. The minimum absolute atomic E-state index is 0.801. The molecule has 0 radical (unpaired) electrons. The molecule has 0 bridgehead atoms. The zero-order chi connectivity index (χ0) is 13.2. The maximum atomic E-state index is 3.83. The SMILES string of the molecule is CN(C)Cc1c[nH]c2ccc(Cn3cnnc3)cc12. The van der Waals surface area contributed by atoms with Gasteiger partial charge in [0, 0.05) is 23.6 Å². The van der Waals surface area contributed by atoms with Crippen LogP contribution in [-0.4, -0.2) is 38.7 Å². The van der Waals surface area contributed by atoms with Gasteiger partial charge in [-0.3, -0.25) is 0 Å². The van der Waals surface area contributed by atoms with Gasteiger partial charge >= 0.3 is 0 Å². The van der Waals surface area contributed by atoms with Crippen LogP contribution >= 0.6 is 0 Å². The molecule has 2 aromatic heterocycles. The maximum absolute atomic E-state index is 3.83. The first-order valence-electron chi connectivity index (χ1n) is 6.28. The Kier molecular flexibility index (Phi) is 3.05. The van der Waals surface area contributed by atoms with Gasteiger partial charge in [0.05, 0.1) is 6.54 Å². The van der Waals surface area contributed by atoms with E-state index in [4.69, 9.17) is 0 Å². The second kappa shape index (κ2) is 4.85. The predicted molar refractivity (Wildman–Crippen MR) is 74.8 cm³/mol. The molecular formula is C14H17N5. The molecule has 2 heterocycles. The fourth-order valence-electron chi connectivity index (χ4n) is 2.31. The number of aromatic amines is 1. The molecule has 98 valence electrons. The van der Waals surface area contributed by atoms with Crippen molar-refractivity contribution in [3.05, 3.63) is 48.2 Å². The lowest BCUT2D eigenvalue weighted by molar-refractivity contribution is 0.404. The number of hydrogen-bond acceptors (Lipinski definition) is 3. The van der Waals surface area contributed by atoms with Gasteiger partial charge in [-0.2, -0.15) is 0 Å². The van der Waals surface area contributed by atoms with E-state index < -0.39 is 0 Å². The number of benzene rings is 1. The van der Waals surface area contributed by atoms with Crippen LogP contribution in [0.25, 0.3) is 10.9 Å². The van der Waals surface area contributed by atoms with E-state index in [1.807, 2.05) is 4.57 Å². The second-order valence-corrected chi connectivity index (χ2v) is 5.07. The van der Waals surface area contributed by atoms with Gasteiger partial charge in [0.1, 0.15) is 12.7 Å². The fourth-order valence-corrected chi connectivity index (χ4v) is 2.31. The summed E-state index contributed by atoms with van der Waals surface area (Å²) in [4.78, 5) is 5.50. The number of fused-ring (bicyclic) bond motifs is 1. The molecule has 1 aromatic carbocycles. The lowest BCUT2D eigenvalue weighted by Crippen LogP contribution is -2.10. The Morgan fingerprint density at radius 2 is 2.00 bits per heavy atom. The van der Waals surface area contributed by atoms with Crippen molar-refractivity contribution in [3.63, 3.8) is 0 Å². The first-order valence-corrected chi connectivity index (χ1v) is 6.28. The summed E-state index contributed by atoms with van der Waals surface area (Å²) in [5.41, 5.74) is 3.77. The third-order valence-corrected chi connectivity index (χ3v) is 3.15. The van der Waals surface area contributed by atoms with E-state index in [2.05, 4.69) is 58.6 Å². The first-order chi connectivity index (χ1) is 9.22. The average Bonchev–Trinajstić information content (AvgIpc) is 3.00.